The van der Waals surface area contributed by atoms with Crippen LogP contribution in [-0.2, 0) is 4.79 Å². The molecule has 0 aliphatic carbocycles. The molecular weight excluding hydrogens is 136 g/mol. The van der Waals surface area contributed by atoms with Gasteiger partial charge < -0.3 is 21.7 Å². The third-order valence-corrected chi connectivity index (χ3v) is 1.37. The molecule has 5 heteroatoms. The molecule has 0 saturated carbocycles. The van der Waals surface area contributed by atoms with Gasteiger partial charge in [-0.1, -0.05) is 0 Å². The summed E-state index contributed by atoms with van der Waals surface area (Å²) in [6, 6.07) is 0. The van der Waals surface area contributed by atoms with Crippen LogP contribution in [0.15, 0.2) is 0 Å². The average Bonchev–Trinajstić information content (AvgIpc) is 1.62. The maximum Gasteiger partial charge on any atom is 0.341 e. The highest BCUT2D eigenvalue weighted by atomic mass is 16.4. The van der Waals surface area contributed by atoms with Crippen molar-refractivity contribution in [2.75, 3.05) is 0 Å². The molecule has 0 saturated heterocycles. The second-order valence-electron chi connectivity index (χ2n) is 2.73. The van der Waals surface area contributed by atoms with Crippen LogP contribution in [0, 0.1) is 0 Å². The van der Waals surface area contributed by atoms with Crippen LogP contribution in [0.25, 0.3) is 0 Å². The summed E-state index contributed by atoms with van der Waals surface area (Å²) in [6.07, 6.45) is 0. The Labute approximate surface area is 58.6 Å². The van der Waals surface area contributed by atoms with Gasteiger partial charge in [0.05, 0.1) is 0 Å². The molecule has 0 atom stereocenters. The zero-order valence-electron chi connectivity index (χ0n) is 5.96. The van der Waals surface area contributed by atoms with E-state index in [2.05, 4.69) is 0 Å². The number of aliphatic hydroxyl groups is 1. The summed E-state index contributed by atoms with van der Waals surface area (Å²) >= 11 is 0. The standard InChI is InChI=1S/C5H12N2O3/c1-4(2,10)5(6,7)3(8)9/h10H,6-7H2,1-2H3,(H,8,9). The van der Waals surface area contributed by atoms with Crippen LogP contribution in [0.4, 0.5) is 0 Å². The van der Waals surface area contributed by atoms with Crippen molar-refractivity contribution < 1.29 is 15.0 Å². The molecule has 0 aromatic carbocycles. The molecule has 0 aromatic heterocycles. The summed E-state index contributed by atoms with van der Waals surface area (Å²) < 4.78 is 0. The second-order valence-corrected chi connectivity index (χ2v) is 2.73. The Morgan fingerprint density at radius 1 is 1.40 bits per heavy atom. The van der Waals surface area contributed by atoms with E-state index in [-0.39, 0.29) is 0 Å². The molecule has 0 amide bonds. The first-order valence-electron chi connectivity index (χ1n) is 2.73. The SMILES string of the molecule is CC(C)(O)C(N)(N)C(=O)O. The fourth-order valence-corrected chi connectivity index (χ4v) is 0.262. The molecule has 0 bridgehead atoms. The fraction of sp³-hybridized carbons (Fsp3) is 0.800. The molecule has 0 unspecified atom stereocenters. The molecule has 0 aliphatic heterocycles. The Bertz CT molecular complexity index is 147. The number of hydrogen-bond acceptors (Lipinski definition) is 4. The van der Waals surface area contributed by atoms with E-state index in [1.54, 1.807) is 0 Å². The van der Waals surface area contributed by atoms with Crippen molar-refractivity contribution in [3.05, 3.63) is 0 Å². The van der Waals surface area contributed by atoms with Gasteiger partial charge in [-0.15, -0.1) is 0 Å². The zero-order valence-corrected chi connectivity index (χ0v) is 5.96. The summed E-state index contributed by atoms with van der Waals surface area (Å²) in [5, 5.41) is 17.5. The van der Waals surface area contributed by atoms with E-state index >= 15 is 0 Å². The molecule has 0 radical (unpaired) electrons. The molecule has 0 spiro atoms. The van der Waals surface area contributed by atoms with Gasteiger partial charge in [0.25, 0.3) is 0 Å². The van der Waals surface area contributed by atoms with E-state index in [4.69, 9.17) is 21.7 Å². The highest BCUT2D eigenvalue weighted by Gasteiger charge is 2.43. The van der Waals surface area contributed by atoms with Gasteiger partial charge >= 0.3 is 5.97 Å². The van der Waals surface area contributed by atoms with E-state index in [0.717, 1.165) is 0 Å². The number of rotatable bonds is 2. The first-order chi connectivity index (χ1) is 4.19. The Kier molecular flexibility index (Phi) is 2.05. The number of aliphatic carboxylic acids is 1. The lowest BCUT2D eigenvalue weighted by Gasteiger charge is -2.31. The van der Waals surface area contributed by atoms with Crippen LogP contribution in [0.3, 0.4) is 0 Å². The van der Waals surface area contributed by atoms with Gasteiger partial charge in [0.2, 0.25) is 0 Å². The van der Waals surface area contributed by atoms with Gasteiger partial charge in [0.1, 0.15) is 5.60 Å². The van der Waals surface area contributed by atoms with Gasteiger partial charge in [-0.05, 0) is 13.8 Å². The van der Waals surface area contributed by atoms with Crippen LogP contribution in [-0.4, -0.2) is 27.4 Å². The maximum atomic E-state index is 10.3. The van der Waals surface area contributed by atoms with Gasteiger partial charge in [-0.25, -0.2) is 4.79 Å². The number of carboxylic acid groups (broad SMARTS) is 1. The van der Waals surface area contributed by atoms with Crippen LogP contribution < -0.4 is 11.5 Å². The molecule has 0 aliphatic rings. The van der Waals surface area contributed by atoms with Crippen LogP contribution in [0.5, 0.6) is 0 Å². The summed E-state index contributed by atoms with van der Waals surface area (Å²) in [7, 11) is 0. The largest absolute Gasteiger partial charge is 0.479 e. The lowest BCUT2D eigenvalue weighted by atomic mass is 9.93. The monoisotopic (exact) mass is 148 g/mol. The van der Waals surface area contributed by atoms with Gasteiger partial charge in [0.15, 0.2) is 5.66 Å². The minimum absolute atomic E-state index is 1.24. The summed E-state index contributed by atoms with van der Waals surface area (Å²) in [5.41, 5.74) is 6.41. The predicted octanol–water partition coefficient (Wildman–Crippen LogP) is -1.54. The van der Waals surface area contributed by atoms with Crippen molar-refractivity contribution in [2.24, 2.45) is 11.5 Å². The molecule has 60 valence electrons. The quantitative estimate of drug-likeness (QED) is 0.355. The molecular formula is C5H12N2O3. The Hall–Kier alpha value is -0.650. The van der Waals surface area contributed by atoms with E-state index in [9.17, 15) is 4.79 Å². The number of nitrogens with two attached hydrogens (primary N) is 2. The van der Waals surface area contributed by atoms with Crippen LogP contribution in [0.1, 0.15) is 13.8 Å². The van der Waals surface area contributed by atoms with Crippen molar-refractivity contribution >= 4 is 5.97 Å². The number of carbonyl (C=O) groups is 1. The third kappa shape index (κ3) is 1.44. The van der Waals surface area contributed by atoms with Gasteiger partial charge in [-0.2, -0.15) is 0 Å². The molecule has 0 fully saturated rings. The first-order valence-corrected chi connectivity index (χ1v) is 2.73. The van der Waals surface area contributed by atoms with Crippen LogP contribution in [0.2, 0.25) is 0 Å². The Morgan fingerprint density at radius 3 is 1.70 bits per heavy atom. The molecule has 6 N–H and O–H groups in total. The van der Waals surface area contributed by atoms with Crippen LogP contribution >= 0.6 is 0 Å². The van der Waals surface area contributed by atoms with Crippen molar-refractivity contribution in [1.82, 2.24) is 0 Å². The van der Waals surface area contributed by atoms with Gasteiger partial charge in [-0.3, -0.25) is 0 Å². The van der Waals surface area contributed by atoms with E-state index in [0.29, 0.717) is 0 Å². The number of hydrogen-bond donors (Lipinski definition) is 4. The fourth-order valence-electron chi connectivity index (χ4n) is 0.262. The third-order valence-electron chi connectivity index (χ3n) is 1.37. The number of carboxylic acids is 1. The highest BCUT2D eigenvalue weighted by molar-refractivity contribution is 5.79. The Morgan fingerprint density at radius 2 is 1.70 bits per heavy atom. The normalized spacial score (nSPS) is 13.3. The van der Waals surface area contributed by atoms with E-state index in [1.165, 1.54) is 13.8 Å². The van der Waals surface area contributed by atoms with E-state index in [1.807, 2.05) is 0 Å². The minimum atomic E-state index is -2.09. The minimum Gasteiger partial charge on any atom is -0.479 e. The Balaban J connectivity index is 4.57. The smallest absolute Gasteiger partial charge is 0.341 e. The molecule has 0 rings (SSSR count). The molecule has 0 heterocycles. The topological polar surface area (TPSA) is 110 Å². The maximum absolute atomic E-state index is 10.3. The summed E-state index contributed by atoms with van der Waals surface area (Å²) in [4.78, 5) is 10.3. The molecule has 0 aromatic rings. The van der Waals surface area contributed by atoms with Crippen molar-refractivity contribution in [3.63, 3.8) is 0 Å². The molecule has 10 heavy (non-hydrogen) atoms. The van der Waals surface area contributed by atoms with Crippen molar-refractivity contribution in [3.8, 4) is 0 Å². The average molecular weight is 148 g/mol. The van der Waals surface area contributed by atoms with Crippen molar-refractivity contribution in [2.45, 2.75) is 25.1 Å². The summed E-state index contributed by atoms with van der Waals surface area (Å²) in [5.74, 6) is -1.43. The van der Waals surface area contributed by atoms with Crippen molar-refractivity contribution in [1.29, 1.82) is 0 Å². The highest BCUT2D eigenvalue weighted by Crippen LogP contribution is 2.12. The van der Waals surface area contributed by atoms with E-state index < -0.39 is 17.2 Å². The summed E-state index contributed by atoms with van der Waals surface area (Å²) in [6.45, 7) is 2.47. The molecule has 5 nitrogen and oxygen atoms in total. The van der Waals surface area contributed by atoms with Gasteiger partial charge in [0, 0.05) is 0 Å². The predicted molar refractivity (Wildman–Crippen MR) is 35.0 cm³/mol. The second kappa shape index (κ2) is 2.19. The first kappa shape index (κ1) is 9.35. The lowest BCUT2D eigenvalue weighted by molar-refractivity contribution is -0.152. The zero-order chi connectivity index (χ0) is 8.58. The lowest BCUT2D eigenvalue weighted by Crippen LogP contribution is -2.69.